The molecule has 0 aliphatic carbocycles. The second-order valence-corrected chi connectivity index (χ2v) is 6.44. The van der Waals surface area contributed by atoms with Crippen molar-refractivity contribution < 1.29 is 9.18 Å². The number of amides is 1. The first kappa shape index (κ1) is 18.9. The predicted molar refractivity (Wildman–Crippen MR) is 89.7 cm³/mol. The Morgan fingerprint density at radius 3 is 2.77 bits per heavy atom. The SMILES string of the molecule is CC1(C)CN(CCC(=O)Nc2ccccc2F)CCC1N.Cl. The van der Waals surface area contributed by atoms with Crippen molar-refractivity contribution in [2.45, 2.75) is 32.7 Å². The molecule has 1 aromatic rings. The van der Waals surface area contributed by atoms with Gasteiger partial charge in [-0.15, -0.1) is 12.4 Å². The first-order valence-corrected chi connectivity index (χ1v) is 7.41. The molecule has 6 heteroatoms. The minimum Gasteiger partial charge on any atom is -0.327 e. The largest absolute Gasteiger partial charge is 0.327 e. The minimum absolute atomic E-state index is 0. The summed E-state index contributed by atoms with van der Waals surface area (Å²) < 4.78 is 13.5. The fourth-order valence-corrected chi connectivity index (χ4v) is 2.71. The first-order chi connectivity index (χ1) is 9.88. The molecule has 1 aliphatic heterocycles. The van der Waals surface area contributed by atoms with Gasteiger partial charge in [-0.3, -0.25) is 4.79 Å². The number of nitrogens with zero attached hydrogens (tertiary/aromatic N) is 1. The topological polar surface area (TPSA) is 58.4 Å². The van der Waals surface area contributed by atoms with Crippen LogP contribution in [-0.4, -0.2) is 36.5 Å². The Morgan fingerprint density at radius 2 is 2.14 bits per heavy atom. The molecule has 0 saturated carbocycles. The third-order valence-electron chi connectivity index (χ3n) is 4.19. The van der Waals surface area contributed by atoms with E-state index in [9.17, 15) is 9.18 Å². The molecule has 1 saturated heterocycles. The van der Waals surface area contributed by atoms with Crippen LogP contribution in [0.15, 0.2) is 24.3 Å². The molecule has 0 aromatic heterocycles. The number of para-hydroxylation sites is 1. The van der Waals surface area contributed by atoms with Crippen molar-refractivity contribution in [2.75, 3.05) is 25.0 Å². The van der Waals surface area contributed by atoms with E-state index in [1.165, 1.54) is 6.07 Å². The van der Waals surface area contributed by atoms with E-state index in [4.69, 9.17) is 5.73 Å². The highest BCUT2D eigenvalue weighted by atomic mass is 35.5. The van der Waals surface area contributed by atoms with Gasteiger partial charge in [0.25, 0.3) is 0 Å². The van der Waals surface area contributed by atoms with Crippen LogP contribution >= 0.6 is 12.4 Å². The number of carbonyl (C=O) groups is 1. The number of carbonyl (C=O) groups excluding carboxylic acids is 1. The van der Waals surface area contributed by atoms with Gasteiger partial charge in [0, 0.05) is 25.6 Å². The zero-order valence-electron chi connectivity index (χ0n) is 13.1. The summed E-state index contributed by atoms with van der Waals surface area (Å²) in [5.41, 5.74) is 6.41. The maximum absolute atomic E-state index is 13.5. The average Bonchev–Trinajstić information content (AvgIpc) is 2.42. The zero-order valence-corrected chi connectivity index (χ0v) is 14.0. The second kappa shape index (κ2) is 7.90. The van der Waals surface area contributed by atoms with Crippen molar-refractivity contribution in [3.63, 3.8) is 0 Å². The normalized spacial score (nSPS) is 21.0. The lowest BCUT2D eigenvalue weighted by Gasteiger charge is -2.42. The lowest BCUT2D eigenvalue weighted by Crippen LogP contribution is -2.52. The molecule has 0 spiro atoms. The predicted octanol–water partition coefficient (Wildman–Crippen LogP) is 2.64. The number of nitrogens with one attached hydrogen (secondary N) is 1. The minimum atomic E-state index is -0.407. The molecule has 1 amide bonds. The Labute approximate surface area is 137 Å². The molecule has 0 bridgehead atoms. The molecule has 4 nitrogen and oxygen atoms in total. The molecule has 1 unspecified atom stereocenters. The third-order valence-corrected chi connectivity index (χ3v) is 4.19. The van der Waals surface area contributed by atoms with E-state index in [-0.39, 0.29) is 35.5 Å². The molecular formula is C16H25ClFN3O. The summed E-state index contributed by atoms with van der Waals surface area (Å²) in [6.45, 7) is 6.79. The first-order valence-electron chi connectivity index (χ1n) is 7.41. The number of anilines is 1. The van der Waals surface area contributed by atoms with Crippen molar-refractivity contribution in [3.8, 4) is 0 Å². The Hall–Kier alpha value is -1.17. The molecule has 1 fully saturated rings. The van der Waals surface area contributed by atoms with Gasteiger partial charge in [-0.25, -0.2) is 4.39 Å². The number of hydrogen-bond donors (Lipinski definition) is 2. The third kappa shape index (κ3) is 4.93. The molecule has 2 rings (SSSR count). The van der Waals surface area contributed by atoms with Gasteiger partial charge in [0.1, 0.15) is 5.82 Å². The maximum Gasteiger partial charge on any atom is 0.225 e. The Balaban J connectivity index is 0.00000242. The van der Waals surface area contributed by atoms with E-state index in [1.54, 1.807) is 18.2 Å². The van der Waals surface area contributed by atoms with Crippen molar-refractivity contribution in [2.24, 2.45) is 11.1 Å². The molecule has 1 atom stereocenters. The van der Waals surface area contributed by atoms with Gasteiger partial charge in [-0.05, 0) is 30.5 Å². The molecule has 1 aromatic carbocycles. The van der Waals surface area contributed by atoms with E-state index in [2.05, 4.69) is 24.1 Å². The summed E-state index contributed by atoms with van der Waals surface area (Å²) in [5.74, 6) is -0.566. The Bertz CT molecular complexity index is 510. The number of halogens is 2. The van der Waals surface area contributed by atoms with Crippen LogP contribution in [0.5, 0.6) is 0 Å². The number of benzene rings is 1. The number of hydrogen-bond acceptors (Lipinski definition) is 3. The van der Waals surface area contributed by atoms with E-state index < -0.39 is 5.82 Å². The lowest BCUT2D eigenvalue weighted by atomic mass is 9.80. The number of likely N-dealkylation sites (tertiary alicyclic amines) is 1. The van der Waals surface area contributed by atoms with Crippen molar-refractivity contribution in [1.82, 2.24) is 4.90 Å². The van der Waals surface area contributed by atoms with Gasteiger partial charge in [-0.1, -0.05) is 26.0 Å². The summed E-state index contributed by atoms with van der Waals surface area (Å²) >= 11 is 0. The molecule has 1 heterocycles. The standard InChI is InChI=1S/C16H24FN3O.ClH/c1-16(2)11-20(9-7-14(16)18)10-8-15(21)19-13-6-4-3-5-12(13)17;/h3-6,14H,7-11,18H2,1-2H3,(H,19,21);1H. The highest BCUT2D eigenvalue weighted by molar-refractivity contribution is 5.90. The van der Waals surface area contributed by atoms with Crippen LogP contribution in [0.4, 0.5) is 10.1 Å². The summed E-state index contributed by atoms with van der Waals surface area (Å²) in [4.78, 5) is 14.2. The second-order valence-electron chi connectivity index (χ2n) is 6.44. The van der Waals surface area contributed by atoms with E-state index in [0.29, 0.717) is 13.0 Å². The van der Waals surface area contributed by atoms with E-state index in [1.807, 2.05) is 0 Å². The molecule has 0 radical (unpaired) electrons. The van der Waals surface area contributed by atoms with Crippen molar-refractivity contribution in [1.29, 1.82) is 0 Å². The van der Waals surface area contributed by atoms with Crippen molar-refractivity contribution >= 4 is 24.0 Å². The Morgan fingerprint density at radius 1 is 1.45 bits per heavy atom. The van der Waals surface area contributed by atoms with Gasteiger partial charge in [-0.2, -0.15) is 0 Å². The maximum atomic E-state index is 13.5. The fraction of sp³-hybridized carbons (Fsp3) is 0.562. The van der Waals surface area contributed by atoms with Crippen LogP contribution in [0.1, 0.15) is 26.7 Å². The number of rotatable bonds is 4. The summed E-state index contributed by atoms with van der Waals surface area (Å²) in [6.07, 6.45) is 1.31. The van der Waals surface area contributed by atoms with E-state index >= 15 is 0 Å². The smallest absolute Gasteiger partial charge is 0.225 e. The highest BCUT2D eigenvalue weighted by Gasteiger charge is 2.33. The summed E-state index contributed by atoms with van der Waals surface area (Å²) in [7, 11) is 0. The van der Waals surface area contributed by atoms with Crippen LogP contribution in [0.25, 0.3) is 0 Å². The summed E-state index contributed by atoms with van der Waals surface area (Å²) in [5, 5.41) is 2.61. The quantitative estimate of drug-likeness (QED) is 0.892. The van der Waals surface area contributed by atoms with Crippen LogP contribution in [-0.2, 0) is 4.79 Å². The molecule has 22 heavy (non-hydrogen) atoms. The average molecular weight is 330 g/mol. The molecule has 1 aliphatic rings. The highest BCUT2D eigenvalue weighted by Crippen LogP contribution is 2.27. The Kier molecular flexibility index (Phi) is 6.78. The van der Waals surface area contributed by atoms with E-state index in [0.717, 1.165) is 19.5 Å². The fourth-order valence-electron chi connectivity index (χ4n) is 2.71. The van der Waals surface area contributed by atoms with Gasteiger partial charge < -0.3 is 16.0 Å². The van der Waals surface area contributed by atoms with Crippen LogP contribution in [0.3, 0.4) is 0 Å². The van der Waals surface area contributed by atoms with Gasteiger partial charge in [0.2, 0.25) is 5.91 Å². The van der Waals surface area contributed by atoms with Gasteiger partial charge in [0.15, 0.2) is 0 Å². The van der Waals surface area contributed by atoms with Crippen molar-refractivity contribution in [3.05, 3.63) is 30.1 Å². The van der Waals surface area contributed by atoms with Gasteiger partial charge >= 0.3 is 0 Å². The number of piperidine rings is 1. The van der Waals surface area contributed by atoms with Crippen LogP contribution in [0, 0.1) is 11.2 Å². The zero-order chi connectivity index (χ0) is 15.5. The van der Waals surface area contributed by atoms with Crippen LogP contribution in [0.2, 0.25) is 0 Å². The summed E-state index contributed by atoms with van der Waals surface area (Å²) in [6, 6.07) is 6.42. The van der Waals surface area contributed by atoms with Crippen LogP contribution < -0.4 is 11.1 Å². The molecule has 3 N–H and O–H groups in total. The number of nitrogens with two attached hydrogens (primary N) is 1. The molecule has 124 valence electrons. The lowest BCUT2D eigenvalue weighted by molar-refractivity contribution is -0.116. The monoisotopic (exact) mass is 329 g/mol. The van der Waals surface area contributed by atoms with Gasteiger partial charge in [0.05, 0.1) is 5.69 Å². The molecular weight excluding hydrogens is 305 g/mol.